The lowest BCUT2D eigenvalue weighted by Crippen LogP contribution is -2.38. The van der Waals surface area contributed by atoms with Gasteiger partial charge >= 0.3 is 0 Å². The topological polar surface area (TPSA) is 39.1 Å². The van der Waals surface area contributed by atoms with Crippen molar-refractivity contribution in [2.24, 2.45) is 0 Å². The highest BCUT2D eigenvalue weighted by Crippen LogP contribution is 2.25. The Morgan fingerprint density at radius 3 is 3.00 bits per heavy atom. The Morgan fingerprint density at radius 1 is 1.56 bits per heavy atom. The molecule has 1 N–H and O–H groups in total. The fraction of sp³-hybridized carbons (Fsp3) is 0.500. The highest BCUT2D eigenvalue weighted by molar-refractivity contribution is 5.60. The first-order chi connectivity index (χ1) is 8.76. The van der Waals surface area contributed by atoms with Gasteiger partial charge in [-0.3, -0.25) is 0 Å². The first-order valence-electron chi connectivity index (χ1n) is 6.43. The van der Waals surface area contributed by atoms with Crippen LogP contribution >= 0.6 is 0 Å². The number of benzene rings is 1. The molecule has 1 heterocycles. The second-order valence-corrected chi connectivity index (χ2v) is 4.61. The summed E-state index contributed by atoms with van der Waals surface area (Å²) in [6.07, 6.45) is 2.08. The summed E-state index contributed by atoms with van der Waals surface area (Å²) < 4.78 is 13.2. The molecule has 3 nitrogen and oxygen atoms in total. The van der Waals surface area contributed by atoms with Crippen molar-refractivity contribution in [3.05, 3.63) is 29.6 Å². The van der Waals surface area contributed by atoms with Crippen LogP contribution in [0.15, 0.2) is 18.2 Å². The molecule has 1 saturated heterocycles. The van der Waals surface area contributed by atoms with Gasteiger partial charge in [-0.05, 0) is 37.6 Å². The van der Waals surface area contributed by atoms with Crippen LogP contribution in [0.3, 0.4) is 0 Å². The van der Waals surface area contributed by atoms with E-state index in [4.69, 9.17) is 5.26 Å². The van der Waals surface area contributed by atoms with Gasteiger partial charge in [-0.25, -0.2) is 4.39 Å². The van der Waals surface area contributed by atoms with Crippen molar-refractivity contribution in [2.45, 2.75) is 25.8 Å². The van der Waals surface area contributed by atoms with Gasteiger partial charge in [0.15, 0.2) is 0 Å². The van der Waals surface area contributed by atoms with Gasteiger partial charge in [0.25, 0.3) is 0 Å². The van der Waals surface area contributed by atoms with Gasteiger partial charge in [0, 0.05) is 19.1 Å². The van der Waals surface area contributed by atoms with Crippen LogP contribution in [0.5, 0.6) is 0 Å². The molecule has 2 rings (SSSR count). The van der Waals surface area contributed by atoms with Crippen molar-refractivity contribution < 1.29 is 4.39 Å². The lowest BCUT2D eigenvalue weighted by Gasteiger charge is -2.31. The second kappa shape index (κ2) is 5.83. The molecule has 1 atom stereocenters. The van der Waals surface area contributed by atoms with Crippen molar-refractivity contribution in [2.75, 3.05) is 24.5 Å². The van der Waals surface area contributed by atoms with E-state index in [9.17, 15) is 4.39 Å². The van der Waals surface area contributed by atoms with Crippen LogP contribution in [0.2, 0.25) is 0 Å². The molecule has 0 amide bonds. The largest absolute Gasteiger partial charge is 0.366 e. The third-order valence-electron chi connectivity index (χ3n) is 3.33. The monoisotopic (exact) mass is 247 g/mol. The first kappa shape index (κ1) is 12.8. The molecule has 1 unspecified atom stereocenters. The molecular formula is C14H18FN3. The van der Waals surface area contributed by atoms with E-state index >= 15 is 0 Å². The number of nitrogens with zero attached hydrogens (tertiary/aromatic N) is 2. The molecule has 0 spiro atoms. The molecular weight excluding hydrogens is 229 g/mol. The van der Waals surface area contributed by atoms with Gasteiger partial charge in [0.05, 0.1) is 11.3 Å². The molecule has 0 aliphatic carbocycles. The van der Waals surface area contributed by atoms with Crippen molar-refractivity contribution in [3.8, 4) is 6.07 Å². The van der Waals surface area contributed by atoms with Crippen LogP contribution < -0.4 is 10.2 Å². The van der Waals surface area contributed by atoms with Gasteiger partial charge in [0.2, 0.25) is 0 Å². The summed E-state index contributed by atoms with van der Waals surface area (Å²) >= 11 is 0. The molecule has 0 bridgehead atoms. The fourth-order valence-electron chi connectivity index (χ4n) is 2.49. The third-order valence-corrected chi connectivity index (χ3v) is 3.33. The van der Waals surface area contributed by atoms with E-state index in [0.29, 0.717) is 11.6 Å². The van der Waals surface area contributed by atoms with E-state index < -0.39 is 0 Å². The van der Waals surface area contributed by atoms with Gasteiger partial charge < -0.3 is 10.2 Å². The quantitative estimate of drug-likeness (QED) is 0.887. The zero-order valence-corrected chi connectivity index (χ0v) is 10.6. The van der Waals surface area contributed by atoms with E-state index in [2.05, 4.69) is 23.2 Å². The summed E-state index contributed by atoms with van der Waals surface area (Å²) in [7, 11) is 0. The van der Waals surface area contributed by atoms with Crippen LogP contribution in [0.1, 0.15) is 25.3 Å². The molecule has 1 aromatic rings. The van der Waals surface area contributed by atoms with Crippen LogP contribution in [-0.4, -0.2) is 25.7 Å². The number of hydrogen-bond donors (Lipinski definition) is 1. The summed E-state index contributed by atoms with van der Waals surface area (Å²) in [6.45, 7) is 4.95. The standard InChI is InChI=1S/C14H18FN3/c1-2-7-18(13-5-6-17-10-13)14-4-3-12(15)8-11(14)9-16/h3-4,8,13,17H,2,5-7,10H2,1H3. The highest BCUT2D eigenvalue weighted by atomic mass is 19.1. The van der Waals surface area contributed by atoms with E-state index in [1.807, 2.05) is 0 Å². The predicted molar refractivity (Wildman–Crippen MR) is 70.0 cm³/mol. The van der Waals surface area contributed by atoms with E-state index in [0.717, 1.165) is 38.2 Å². The van der Waals surface area contributed by atoms with Crippen molar-refractivity contribution >= 4 is 5.69 Å². The maximum Gasteiger partial charge on any atom is 0.124 e. The minimum absolute atomic E-state index is 0.351. The van der Waals surface area contributed by atoms with Crippen LogP contribution in [-0.2, 0) is 0 Å². The van der Waals surface area contributed by atoms with E-state index in [-0.39, 0.29) is 5.82 Å². The zero-order valence-electron chi connectivity index (χ0n) is 10.6. The number of halogens is 1. The summed E-state index contributed by atoms with van der Waals surface area (Å²) in [5.41, 5.74) is 1.28. The summed E-state index contributed by atoms with van der Waals surface area (Å²) in [5.74, 6) is -0.351. The summed E-state index contributed by atoms with van der Waals surface area (Å²) in [6, 6.07) is 6.98. The van der Waals surface area contributed by atoms with Gasteiger partial charge in [-0.15, -0.1) is 0 Å². The molecule has 4 heteroatoms. The lowest BCUT2D eigenvalue weighted by molar-refractivity contribution is 0.615. The number of anilines is 1. The number of nitriles is 1. The Bertz CT molecular complexity index is 447. The number of nitrogens with one attached hydrogen (secondary N) is 1. The SMILES string of the molecule is CCCN(c1ccc(F)cc1C#N)C1CCNC1. The highest BCUT2D eigenvalue weighted by Gasteiger charge is 2.23. The minimum Gasteiger partial charge on any atom is -0.366 e. The van der Waals surface area contributed by atoms with Crippen LogP contribution in [0.25, 0.3) is 0 Å². The average Bonchev–Trinajstić information content (AvgIpc) is 2.90. The molecule has 1 aliphatic heterocycles. The predicted octanol–water partition coefficient (Wildman–Crippen LogP) is 2.28. The molecule has 18 heavy (non-hydrogen) atoms. The van der Waals surface area contributed by atoms with Gasteiger partial charge in [-0.2, -0.15) is 5.26 Å². The Labute approximate surface area is 107 Å². The molecule has 96 valence electrons. The van der Waals surface area contributed by atoms with Crippen molar-refractivity contribution in [1.29, 1.82) is 5.26 Å². The normalized spacial score (nSPS) is 18.6. The maximum atomic E-state index is 13.2. The molecule has 0 saturated carbocycles. The minimum atomic E-state index is -0.351. The van der Waals surface area contributed by atoms with Crippen LogP contribution in [0.4, 0.5) is 10.1 Å². The Kier molecular flexibility index (Phi) is 4.16. The summed E-state index contributed by atoms with van der Waals surface area (Å²) in [5, 5.41) is 12.5. The van der Waals surface area contributed by atoms with Crippen molar-refractivity contribution in [3.63, 3.8) is 0 Å². The first-order valence-corrected chi connectivity index (χ1v) is 6.43. The average molecular weight is 247 g/mol. The summed E-state index contributed by atoms with van der Waals surface area (Å²) in [4.78, 5) is 2.23. The maximum absolute atomic E-state index is 13.2. The van der Waals surface area contributed by atoms with Crippen LogP contribution in [0, 0.1) is 17.1 Å². The third kappa shape index (κ3) is 2.62. The fourth-order valence-corrected chi connectivity index (χ4v) is 2.49. The number of rotatable bonds is 4. The molecule has 0 radical (unpaired) electrons. The van der Waals surface area contributed by atoms with Crippen molar-refractivity contribution in [1.82, 2.24) is 5.32 Å². The van der Waals surface area contributed by atoms with E-state index in [1.54, 1.807) is 6.07 Å². The molecule has 1 fully saturated rings. The molecule has 0 aromatic heterocycles. The van der Waals surface area contributed by atoms with E-state index in [1.165, 1.54) is 12.1 Å². The molecule has 1 aromatic carbocycles. The Morgan fingerprint density at radius 2 is 2.39 bits per heavy atom. The van der Waals surface area contributed by atoms with Gasteiger partial charge in [0.1, 0.15) is 11.9 Å². The Balaban J connectivity index is 2.32. The second-order valence-electron chi connectivity index (χ2n) is 4.61. The number of hydrogen-bond acceptors (Lipinski definition) is 3. The zero-order chi connectivity index (χ0) is 13.0. The van der Waals surface area contributed by atoms with Gasteiger partial charge in [-0.1, -0.05) is 6.92 Å². The molecule has 1 aliphatic rings. The Hall–Kier alpha value is -1.60. The smallest absolute Gasteiger partial charge is 0.124 e. The lowest BCUT2D eigenvalue weighted by atomic mass is 10.1.